The van der Waals surface area contributed by atoms with E-state index in [1.54, 1.807) is 0 Å². The Kier molecular flexibility index (Phi) is 13.9. The molecule has 0 aromatic rings. The van der Waals surface area contributed by atoms with E-state index in [0.29, 0.717) is 17.5 Å². The van der Waals surface area contributed by atoms with Crippen LogP contribution in [0.15, 0.2) is 0 Å². The summed E-state index contributed by atoms with van der Waals surface area (Å²) in [5, 5.41) is 3.80. The van der Waals surface area contributed by atoms with E-state index in [1.165, 1.54) is 64.2 Å². The molecule has 0 aliphatic carbocycles. The zero-order valence-electron chi connectivity index (χ0n) is 14.1. The molecule has 1 aliphatic heterocycles. The molecule has 128 valence electrons. The molecule has 1 saturated heterocycles. The quantitative estimate of drug-likeness (QED) is 0.359. The maximum atomic E-state index is 6.43. The molecule has 1 rings (SSSR count). The van der Waals surface area contributed by atoms with E-state index in [-0.39, 0.29) is 6.15 Å². The molecule has 0 radical (unpaired) electrons. The van der Waals surface area contributed by atoms with Crippen molar-refractivity contribution in [2.75, 3.05) is 6.54 Å². The first-order valence-corrected chi connectivity index (χ1v) is 9.29. The molecule has 1 aliphatic rings. The SMILES string of the molecule is CCCCCCCCCCCC(Cl)CC1CC(N)CN1.N. The van der Waals surface area contributed by atoms with Gasteiger partial charge in [-0.15, -0.1) is 11.6 Å². The fourth-order valence-electron chi connectivity index (χ4n) is 3.13. The van der Waals surface area contributed by atoms with Crippen LogP contribution in [0.2, 0.25) is 0 Å². The molecule has 6 N–H and O–H groups in total. The van der Waals surface area contributed by atoms with Crippen molar-refractivity contribution in [1.29, 1.82) is 0 Å². The fraction of sp³-hybridized carbons (Fsp3) is 1.00. The minimum absolute atomic E-state index is 0. The normalized spacial score (nSPS) is 23.0. The van der Waals surface area contributed by atoms with Crippen LogP contribution in [0.3, 0.4) is 0 Å². The lowest BCUT2D eigenvalue weighted by Gasteiger charge is -2.15. The van der Waals surface area contributed by atoms with E-state index in [2.05, 4.69) is 12.2 Å². The summed E-state index contributed by atoms with van der Waals surface area (Å²) >= 11 is 6.43. The maximum absolute atomic E-state index is 6.43. The Morgan fingerprint density at radius 1 is 1.05 bits per heavy atom. The second-order valence-corrected chi connectivity index (χ2v) is 7.17. The minimum atomic E-state index is 0. The van der Waals surface area contributed by atoms with Gasteiger partial charge in [0.25, 0.3) is 0 Å². The van der Waals surface area contributed by atoms with Crippen LogP contribution in [-0.2, 0) is 0 Å². The van der Waals surface area contributed by atoms with Gasteiger partial charge in [0.05, 0.1) is 0 Å². The number of hydrogen-bond donors (Lipinski definition) is 3. The lowest BCUT2D eigenvalue weighted by atomic mass is 10.0. The lowest BCUT2D eigenvalue weighted by Crippen LogP contribution is -2.25. The fourth-order valence-corrected chi connectivity index (χ4v) is 3.50. The molecule has 4 heteroatoms. The zero-order valence-corrected chi connectivity index (χ0v) is 14.8. The van der Waals surface area contributed by atoms with Gasteiger partial charge in [0, 0.05) is 24.0 Å². The summed E-state index contributed by atoms with van der Waals surface area (Å²) in [6, 6.07) is 0.905. The van der Waals surface area contributed by atoms with Gasteiger partial charge in [-0.2, -0.15) is 0 Å². The average Bonchev–Trinajstić information content (AvgIpc) is 2.82. The van der Waals surface area contributed by atoms with Gasteiger partial charge in [0.1, 0.15) is 0 Å². The van der Waals surface area contributed by atoms with Crippen molar-refractivity contribution in [3.63, 3.8) is 0 Å². The van der Waals surface area contributed by atoms with Crippen molar-refractivity contribution in [3.8, 4) is 0 Å². The van der Waals surface area contributed by atoms with Gasteiger partial charge in [-0.05, 0) is 19.3 Å². The maximum Gasteiger partial charge on any atom is 0.0350 e. The summed E-state index contributed by atoms with van der Waals surface area (Å²) in [6.45, 7) is 3.24. The van der Waals surface area contributed by atoms with Crippen LogP contribution in [0.1, 0.15) is 84.0 Å². The predicted octanol–water partition coefficient (Wildman–Crippen LogP) is 4.76. The van der Waals surface area contributed by atoms with Crippen molar-refractivity contribution < 1.29 is 0 Å². The first-order valence-electron chi connectivity index (χ1n) is 8.85. The van der Waals surface area contributed by atoms with E-state index in [1.807, 2.05) is 0 Å². The van der Waals surface area contributed by atoms with Crippen LogP contribution in [0.25, 0.3) is 0 Å². The van der Waals surface area contributed by atoms with Crippen molar-refractivity contribution in [1.82, 2.24) is 11.5 Å². The van der Waals surface area contributed by atoms with Crippen LogP contribution >= 0.6 is 11.6 Å². The Balaban J connectivity index is 0.00000400. The van der Waals surface area contributed by atoms with Gasteiger partial charge in [0.2, 0.25) is 0 Å². The molecule has 3 unspecified atom stereocenters. The molecule has 0 bridgehead atoms. The number of nitrogens with one attached hydrogen (secondary N) is 1. The van der Waals surface area contributed by atoms with Crippen LogP contribution < -0.4 is 17.2 Å². The van der Waals surface area contributed by atoms with E-state index >= 15 is 0 Å². The van der Waals surface area contributed by atoms with Gasteiger partial charge in [0.15, 0.2) is 0 Å². The van der Waals surface area contributed by atoms with Crippen LogP contribution in [0.4, 0.5) is 0 Å². The van der Waals surface area contributed by atoms with E-state index in [4.69, 9.17) is 17.3 Å². The highest BCUT2D eigenvalue weighted by molar-refractivity contribution is 6.20. The largest absolute Gasteiger partial charge is 0.344 e. The second kappa shape index (κ2) is 13.8. The number of nitrogens with two attached hydrogens (primary N) is 1. The van der Waals surface area contributed by atoms with Crippen LogP contribution in [0.5, 0.6) is 0 Å². The van der Waals surface area contributed by atoms with Crippen molar-refractivity contribution >= 4 is 11.6 Å². The number of hydrogen-bond acceptors (Lipinski definition) is 3. The Morgan fingerprint density at radius 2 is 1.62 bits per heavy atom. The van der Waals surface area contributed by atoms with Gasteiger partial charge >= 0.3 is 0 Å². The molecule has 21 heavy (non-hydrogen) atoms. The summed E-state index contributed by atoms with van der Waals surface area (Å²) in [5.74, 6) is 0. The van der Waals surface area contributed by atoms with Crippen LogP contribution in [-0.4, -0.2) is 24.0 Å². The monoisotopic (exact) mass is 319 g/mol. The molecule has 1 heterocycles. The van der Waals surface area contributed by atoms with E-state index in [0.717, 1.165) is 19.4 Å². The predicted molar refractivity (Wildman–Crippen MR) is 95.5 cm³/mol. The first-order chi connectivity index (χ1) is 9.72. The molecular weight excluding hydrogens is 282 g/mol. The topological polar surface area (TPSA) is 73.0 Å². The van der Waals surface area contributed by atoms with Gasteiger partial charge < -0.3 is 17.2 Å². The highest BCUT2D eigenvalue weighted by atomic mass is 35.5. The average molecular weight is 320 g/mol. The Hall–Kier alpha value is 0.170. The third kappa shape index (κ3) is 11.4. The van der Waals surface area contributed by atoms with Crippen molar-refractivity contribution in [3.05, 3.63) is 0 Å². The van der Waals surface area contributed by atoms with E-state index < -0.39 is 0 Å². The standard InChI is InChI=1S/C17H35ClN2.H3N/c1-2-3-4-5-6-7-8-9-10-11-15(18)12-17-13-16(19)14-20-17;/h15-17,20H,2-14,19H2,1H3;1H3. The highest BCUT2D eigenvalue weighted by Crippen LogP contribution is 2.19. The number of halogens is 1. The molecular formula is C17H38ClN3. The third-order valence-corrected chi connectivity index (χ3v) is 4.81. The summed E-state index contributed by atoms with van der Waals surface area (Å²) < 4.78 is 0. The first kappa shape index (κ1) is 21.2. The summed E-state index contributed by atoms with van der Waals surface area (Å²) in [6.07, 6.45) is 15.8. The smallest absolute Gasteiger partial charge is 0.0350 e. The third-order valence-electron chi connectivity index (χ3n) is 4.42. The van der Waals surface area contributed by atoms with Crippen LogP contribution in [0, 0.1) is 0 Å². The molecule has 0 saturated carbocycles. The summed E-state index contributed by atoms with van der Waals surface area (Å²) in [7, 11) is 0. The number of rotatable bonds is 12. The van der Waals surface area contributed by atoms with Gasteiger partial charge in [-0.25, -0.2) is 0 Å². The molecule has 0 aromatic heterocycles. The molecule has 0 amide bonds. The lowest BCUT2D eigenvalue weighted by molar-refractivity contribution is 0.500. The highest BCUT2D eigenvalue weighted by Gasteiger charge is 2.22. The molecule has 3 atom stereocenters. The number of alkyl halides is 1. The minimum Gasteiger partial charge on any atom is -0.344 e. The Bertz CT molecular complexity index is 226. The summed E-state index contributed by atoms with van der Waals surface area (Å²) in [4.78, 5) is 0. The summed E-state index contributed by atoms with van der Waals surface area (Å²) in [5.41, 5.74) is 5.89. The second-order valence-electron chi connectivity index (χ2n) is 6.55. The molecule has 0 aromatic carbocycles. The van der Waals surface area contributed by atoms with Gasteiger partial charge in [-0.1, -0.05) is 64.7 Å². The zero-order chi connectivity index (χ0) is 14.6. The van der Waals surface area contributed by atoms with E-state index in [9.17, 15) is 0 Å². The van der Waals surface area contributed by atoms with Gasteiger partial charge in [-0.3, -0.25) is 0 Å². The van der Waals surface area contributed by atoms with Crippen molar-refractivity contribution in [2.45, 2.75) is 101 Å². The number of unbranched alkanes of at least 4 members (excludes halogenated alkanes) is 8. The molecule has 1 fully saturated rings. The Labute approximate surface area is 137 Å². The molecule has 3 nitrogen and oxygen atoms in total. The Morgan fingerprint density at radius 3 is 2.14 bits per heavy atom. The molecule has 0 spiro atoms. The van der Waals surface area contributed by atoms with Crippen molar-refractivity contribution in [2.24, 2.45) is 5.73 Å².